The minimum atomic E-state index is -3.51. The summed E-state index contributed by atoms with van der Waals surface area (Å²) in [6.07, 6.45) is 0.640. The van der Waals surface area contributed by atoms with Crippen LogP contribution in [0.25, 0.3) is 11.0 Å². The van der Waals surface area contributed by atoms with Gasteiger partial charge >= 0.3 is 0 Å². The van der Waals surface area contributed by atoms with E-state index in [-0.39, 0.29) is 17.6 Å². The van der Waals surface area contributed by atoms with Crippen molar-refractivity contribution in [2.24, 2.45) is 11.1 Å². The van der Waals surface area contributed by atoms with E-state index in [1.807, 2.05) is 25.1 Å². The highest BCUT2D eigenvalue weighted by Crippen LogP contribution is 2.25. The number of carbonyl (C=O) groups is 1. The number of hydrogen-bond donors (Lipinski definition) is 1. The monoisotopic (exact) mass is 322 g/mol. The van der Waals surface area contributed by atoms with Gasteiger partial charge in [-0.2, -0.15) is 0 Å². The van der Waals surface area contributed by atoms with Crippen molar-refractivity contribution < 1.29 is 17.6 Å². The average Bonchev–Trinajstić information content (AvgIpc) is 3.03. The first-order chi connectivity index (χ1) is 10.3. The summed E-state index contributed by atoms with van der Waals surface area (Å²) >= 11 is 0. The maximum Gasteiger partial charge on any atom is 0.289 e. The third-order valence-corrected chi connectivity index (χ3v) is 4.93. The zero-order valence-corrected chi connectivity index (χ0v) is 13.1. The van der Waals surface area contributed by atoms with E-state index >= 15 is 0 Å². The lowest BCUT2D eigenvalue weighted by molar-refractivity contribution is 0.0759. The number of aryl methyl sites for hydroxylation is 1. The first kappa shape index (κ1) is 15.1. The Morgan fingerprint density at radius 2 is 2.23 bits per heavy atom. The van der Waals surface area contributed by atoms with Crippen LogP contribution in [0.1, 0.15) is 22.5 Å². The molecule has 1 aromatic heterocycles. The van der Waals surface area contributed by atoms with Crippen LogP contribution >= 0.6 is 0 Å². The van der Waals surface area contributed by atoms with Gasteiger partial charge in [-0.3, -0.25) is 4.79 Å². The van der Waals surface area contributed by atoms with E-state index in [4.69, 9.17) is 9.56 Å². The van der Waals surface area contributed by atoms with Gasteiger partial charge in [0.2, 0.25) is 10.0 Å². The third-order valence-electron chi connectivity index (χ3n) is 3.99. The maximum absolute atomic E-state index is 12.5. The molecule has 0 saturated carbocycles. The highest BCUT2D eigenvalue weighted by molar-refractivity contribution is 7.89. The van der Waals surface area contributed by atoms with E-state index in [0.29, 0.717) is 30.9 Å². The van der Waals surface area contributed by atoms with Crippen LogP contribution in [0.5, 0.6) is 0 Å². The van der Waals surface area contributed by atoms with Crippen molar-refractivity contribution in [2.45, 2.75) is 13.3 Å². The van der Waals surface area contributed by atoms with Crippen LogP contribution in [0, 0.1) is 12.8 Å². The molecule has 1 aliphatic rings. The summed E-state index contributed by atoms with van der Waals surface area (Å²) in [4.78, 5) is 14.1. The van der Waals surface area contributed by atoms with Crippen LogP contribution in [0.15, 0.2) is 28.7 Å². The Morgan fingerprint density at radius 1 is 1.45 bits per heavy atom. The van der Waals surface area contributed by atoms with Gasteiger partial charge in [-0.25, -0.2) is 13.6 Å². The summed E-state index contributed by atoms with van der Waals surface area (Å²) in [5, 5.41) is 5.96. The van der Waals surface area contributed by atoms with Crippen LogP contribution in [-0.2, 0) is 10.0 Å². The number of benzene rings is 1. The Balaban J connectivity index is 1.78. The third kappa shape index (κ3) is 3.00. The summed E-state index contributed by atoms with van der Waals surface area (Å²) < 4.78 is 28.0. The summed E-state index contributed by atoms with van der Waals surface area (Å²) in [5.74, 6) is -0.103. The van der Waals surface area contributed by atoms with Gasteiger partial charge in [0.15, 0.2) is 5.76 Å². The lowest BCUT2D eigenvalue weighted by Crippen LogP contribution is -2.30. The highest BCUT2D eigenvalue weighted by Gasteiger charge is 2.30. The molecule has 1 unspecified atom stereocenters. The van der Waals surface area contributed by atoms with E-state index in [9.17, 15) is 13.2 Å². The second-order valence-electron chi connectivity index (χ2n) is 5.84. The number of nitrogens with two attached hydrogens (primary N) is 1. The molecule has 1 atom stereocenters. The average molecular weight is 322 g/mol. The number of para-hydroxylation sites is 1. The van der Waals surface area contributed by atoms with Crippen LogP contribution in [0.2, 0.25) is 0 Å². The highest BCUT2D eigenvalue weighted by atomic mass is 32.2. The molecule has 7 heteroatoms. The van der Waals surface area contributed by atoms with Crippen molar-refractivity contribution in [2.75, 3.05) is 18.8 Å². The van der Waals surface area contributed by atoms with Crippen molar-refractivity contribution in [3.63, 3.8) is 0 Å². The molecule has 1 amide bonds. The summed E-state index contributed by atoms with van der Waals surface area (Å²) in [7, 11) is -3.51. The normalized spacial score (nSPS) is 19.0. The standard InChI is InChI=1S/C15H18N2O4S/c1-10-3-2-4-12-7-13(21-14(10)12)15(18)17-6-5-11(8-17)9-22(16,19)20/h2-4,7,11H,5-6,8-9H2,1H3,(H2,16,19,20). The molecule has 1 aromatic carbocycles. The SMILES string of the molecule is Cc1cccc2cc(C(=O)N3CCC(CS(N)(=O)=O)C3)oc12. The lowest BCUT2D eigenvalue weighted by atomic mass is 10.2. The van der Waals surface area contributed by atoms with Gasteiger partial charge in [0.1, 0.15) is 5.58 Å². The molecule has 0 aliphatic carbocycles. The molecule has 6 nitrogen and oxygen atoms in total. The molecule has 0 radical (unpaired) electrons. The Morgan fingerprint density at radius 3 is 2.91 bits per heavy atom. The molecule has 118 valence electrons. The fourth-order valence-electron chi connectivity index (χ4n) is 2.95. The predicted molar refractivity (Wildman–Crippen MR) is 82.9 cm³/mol. The fourth-order valence-corrected chi connectivity index (χ4v) is 3.88. The molecule has 2 N–H and O–H groups in total. The van der Waals surface area contributed by atoms with Crippen LogP contribution in [-0.4, -0.2) is 38.1 Å². The fraction of sp³-hybridized carbons (Fsp3) is 0.400. The van der Waals surface area contributed by atoms with Crippen molar-refractivity contribution in [3.8, 4) is 0 Å². The molecule has 1 fully saturated rings. The van der Waals surface area contributed by atoms with Gasteiger partial charge in [0.05, 0.1) is 5.75 Å². The summed E-state index contributed by atoms with van der Waals surface area (Å²) in [6, 6.07) is 7.48. The molecular weight excluding hydrogens is 304 g/mol. The first-order valence-electron chi connectivity index (χ1n) is 7.12. The number of likely N-dealkylation sites (tertiary alicyclic amines) is 1. The van der Waals surface area contributed by atoms with Gasteiger partial charge in [-0.15, -0.1) is 0 Å². The molecule has 3 rings (SSSR count). The maximum atomic E-state index is 12.5. The predicted octanol–water partition coefficient (Wildman–Crippen LogP) is 1.49. The minimum absolute atomic E-state index is 0.0873. The van der Waals surface area contributed by atoms with Gasteiger partial charge in [-0.1, -0.05) is 18.2 Å². The second-order valence-corrected chi connectivity index (χ2v) is 7.50. The van der Waals surface area contributed by atoms with E-state index in [0.717, 1.165) is 10.9 Å². The first-order valence-corrected chi connectivity index (χ1v) is 8.84. The Hall–Kier alpha value is -1.86. The number of hydrogen-bond acceptors (Lipinski definition) is 4. The Kier molecular flexibility index (Phi) is 3.70. The lowest BCUT2D eigenvalue weighted by Gasteiger charge is -2.14. The van der Waals surface area contributed by atoms with Crippen LogP contribution in [0.3, 0.4) is 0 Å². The number of fused-ring (bicyclic) bond motifs is 1. The van der Waals surface area contributed by atoms with Crippen molar-refractivity contribution in [1.29, 1.82) is 0 Å². The van der Waals surface area contributed by atoms with E-state index in [1.165, 1.54) is 0 Å². The molecule has 0 bridgehead atoms. The smallest absolute Gasteiger partial charge is 0.289 e. The molecule has 1 saturated heterocycles. The number of furan rings is 1. The zero-order valence-electron chi connectivity index (χ0n) is 12.3. The zero-order chi connectivity index (χ0) is 15.9. The molecule has 22 heavy (non-hydrogen) atoms. The molecular formula is C15H18N2O4S. The molecule has 2 heterocycles. The summed E-state index contributed by atoms with van der Waals surface area (Å²) in [6.45, 7) is 2.85. The number of rotatable bonds is 3. The van der Waals surface area contributed by atoms with Crippen molar-refractivity contribution in [1.82, 2.24) is 4.90 Å². The van der Waals surface area contributed by atoms with Crippen molar-refractivity contribution in [3.05, 3.63) is 35.6 Å². The van der Waals surface area contributed by atoms with E-state index < -0.39 is 10.0 Å². The quantitative estimate of drug-likeness (QED) is 0.926. The number of carbonyl (C=O) groups excluding carboxylic acids is 1. The van der Waals surface area contributed by atoms with Gasteiger partial charge in [0.25, 0.3) is 5.91 Å². The molecule has 2 aromatic rings. The topological polar surface area (TPSA) is 93.6 Å². The minimum Gasteiger partial charge on any atom is -0.451 e. The second kappa shape index (κ2) is 5.40. The number of amides is 1. The van der Waals surface area contributed by atoms with Crippen LogP contribution < -0.4 is 5.14 Å². The molecule has 1 aliphatic heterocycles. The summed E-state index contributed by atoms with van der Waals surface area (Å²) in [5.41, 5.74) is 1.69. The van der Waals surface area contributed by atoms with Crippen molar-refractivity contribution >= 4 is 26.9 Å². The van der Waals surface area contributed by atoms with Gasteiger partial charge in [0, 0.05) is 18.5 Å². The Bertz CT molecular complexity index is 825. The van der Waals surface area contributed by atoms with Crippen LogP contribution in [0.4, 0.5) is 0 Å². The molecule has 0 spiro atoms. The number of primary sulfonamides is 1. The number of sulfonamides is 1. The van der Waals surface area contributed by atoms with Gasteiger partial charge < -0.3 is 9.32 Å². The van der Waals surface area contributed by atoms with E-state index in [2.05, 4.69) is 0 Å². The number of nitrogens with zero attached hydrogens (tertiary/aromatic N) is 1. The van der Waals surface area contributed by atoms with E-state index in [1.54, 1.807) is 11.0 Å². The largest absolute Gasteiger partial charge is 0.451 e. The van der Waals surface area contributed by atoms with Gasteiger partial charge in [-0.05, 0) is 30.9 Å². The Labute approximate surface area is 128 Å².